The predicted molar refractivity (Wildman–Crippen MR) is 81.8 cm³/mol. The van der Waals surface area contributed by atoms with Gasteiger partial charge in [0.05, 0.1) is 0 Å². The molecular weight excluding hydrogens is 251 g/mol. The quantitative estimate of drug-likeness (QED) is 0.672. The van der Waals surface area contributed by atoms with E-state index in [1.54, 1.807) is 6.07 Å². The summed E-state index contributed by atoms with van der Waals surface area (Å²) in [7, 11) is 0. The summed E-state index contributed by atoms with van der Waals surface area (Å²) in [6.45, 7) is 8.61. The molecule has 112 valence electrons. The Morgan fingerprint density at radius 2 is 1.85 bits per heavy atom. The first-order valence-electron chi connectivity index (χ1n) is 7.97. The lowest BCUT2D eigenvalue weighted by molar-refractivity contribution is 0.0251. The van der Waals surface area contributed by atoms with Crippen molar-refractivity contribution in [1.29, 1.82) is 0 Å². The van der Waals surface area contributed by atoms with Crippen LogP contribution in [0.2, 0.25) is 0 Å². The van der Waals surface area contributed by atoms with Gasteiger partial charge in [0.25, 0.3) is 0 Å². The maximum Gasteiger partial charge on any atom is 0.165 e. The van der Waals surface area contributed by atoms with E-state index in [2.05, 4.69) is 27.7 Å². The standard InChI is InChI=1S/C18H27FO/c1-5-14(4)15-8-9-17(16(19)12-15)20-18(13(2)3)10-6-7-11-18/h8-9,12-14H,5-7,10-11H2,1-4H3. The van der Waals surface area contributed by atoms with Crippen LogP contribution in [0.5, 0.6) is 5.75 Å². The third kappa shape index (κ3) is 2.99. The van der Waals surface area contributed by atoms with E-state index in [9.17, 15) is 4.39 Å². The number of rotatable bonds is 5. The van der Waals surface area contributed by atoms with Gasteiger partial charge in [-0.1, -0.05) is 33.8 Å². The van der Waals surface area contributed by atoms with Crippen LogP contribution in [-0.4, -0.2) is 5.60 Å². The van der Waals surface area contributed by atoms with Crippen molar-refractivity contribution in [2.75, 3.05) is 0 Å². The molecule has 1 nitrogen and oxygen atoms in total. The molecule has 1 aliphatic carbocycles. The van der Waals surface area contributed by atoms with E-state index in [-0.39, 0.29) is 11.4 Å². The molecule has 1 saturated carbocycles. The minimum absolute atomic E-state index is 0.168. The Balaban J connectivity index is 2.21. The first kappa shape index (κ1) is 15.3. The highest BCUT2D eigenvalue weighted by atomic mass is 19.1. The van der Waals surface area contributed by atoms with E-state index in [4.69, 9.17) is 4.74 Å². The van der Waals surface area contributed by atoms with E-state index in [1.807, 2.05) is 12.1 Å². The monoisotopic (exact) mass is 278 g/mol. The predicted octanol–water partition coefficient (Wildman–Crippen LogP) is 5.69. The Morgan fingerprint density at radius 3 is 2.35 bits per heavy atom. The lowest BCUT2D eigenvalue weighted by Gasteiger charge is -2.34. The molecule has 1 aromatic rings. The first-order chi connectivity index (χ1) is 9.48. The summed E-state index contributed by atoms with van der Waals surface area (Å²) in [5.41, 5.74) is 0.890. The van der Waals surface area contributed by atoms with Crippen molar-refractivity contribution in [3.63, 3.8) is 0 Å². The summed E-state index contributed by atoms with van der Waals surface area (Å²) in [5, 5.41) is 0. The van der Waals surface area contributed by atoms with Gasteiger partial charge >= 0.3 is 0 Å². The number of ether oxygens (including phenoxy) is 1. The van der Waals surface area contributed by atoms with Crippen molar-refractivity contribution in [1.82, 2.24) is 0 Å². The molecule has 0 saturated heterocycles. The van der Waals surface area contributed by atoms with Crippen molar-refractivity contribution in [3.05, 3.63) is 29.6 Å². The molecule has 1 atom stereocenters. The summed E-state index contributed by atoms with van der Waals surface area (Å²) in [4.78, 5) is 0. The average Bonchev–Trinajstić information content (AvgIpc) is 2.90. The fourth-order valence-corrected chi connectivity index (χ4v) is 3.13. The Bertz CT molecular complexity index is 447. The number of hydrogen-bond acceptors (Lipinski definition) is 1. The molecule has 1 aliphatic rings. The molecule has 0 aliphatic heterocycles. The number of hydrogen-bond donors (Lipinski definition) is 0. The van der Waals surface area contributed by atoms with Gasteiger partial charge in [-0.05, 0) is 61.6 Å². The second-order valence-corrected chi connectivity index (χ2v) is 6.53. The molecule has 1 fully saturated rings. The first-order valence-corrected chi connectivity index (χ1v) is 7.97. The van der Waals surface area contributed by atoms with E-state index in [1.165, 1.54) is 12.8 Å². The molecular formula is C18H27FO. The van der Waals surface area contributed by atoms with Crippen LogP contribution >= 0.6 is 0 Å². The summed E-state index contributed by atoms with van der Waals surface area (Å²) < 4.78 is 20.5. The van der Waals surface area contributed by atoms with Crippen molar-refractivity contribution in [3.8, 4) is 5.75 Å². The Morgan fingerprint density at radius 1 is 1.20 bits per heavy atom. The van der Waals surface area contributed by atoms with Crippen molar-refractivity contribution in [2.24, 2.45) is 5.92 Å². The number of benzene rings is 1. The molecule has 20 heavy (non-hydrogen) atoms. The van der Waals surface area contributed by atoms with Gasteiger partial charge < -0.3 is 4.74 Å². The molecule has 0 heterocycles. The third-order valence-electron chi connectivity index (χ3n) is 4.95. The van der Waals surface area contributed by atoms with E-state index in [0.29, 0.717) is 17.6 Å². The van der Waals surface area contributed by atoms with Gasteiger partial charge in [-0.3, -0.25) is 0 Å². The zero-order valence-electron chi connectivity index (χ0n) is 13.2. The maximum absolute atomic E-state index is 14.3. The molecule has 0 bridgehead atoms. The summed E-state index contributed by atoms with van der Waals surface area (Å²) >= 11 is 0. The van der Waals surface area contributed by atoms with Crippen LogP contribution in [0.1, 0.15) is 71.3 Å². The lowest BCUT2D eigenvalue weighted by atomic mass is 9.88. The lowest BCUT2D eigenvalue weighted by Crippen LogP contribution is -2.38. The highest BCUT2D eigenvalue weighted by Gasteiger charge is 2.39. The molecule has 0 amide bonds. The zero-order valence-corrected chi connectivity index (χ0v) is 13.2. The van der Waals surface area contributed by atoms with Gasteiger partial charge in [-0.2, -0.15) is 0 Å². The Kier molecular flexibility index (Phi) is 4.72. The van der Waals surface area contributed by atoms with Crippen LogP contribution in [-0.2, 0) is 0 Å². The van der Waals surface area contributed by atoms with Gasteiger partial charge in [0.2, 0.25) is 0 Å². The molecule has 0 radical (unpaired) electrons. The highest BCUT2D eigenvalue weighted by molar-refractivity contribution is 5.31. The topological polar surface area (TPSA) is 9.23 Å². The largest absolute Gasteiger partial charge is 0.484 e. The van der Waals surface area contributed by atoms with Gasteiger partial charge in [0, 0.05) is 0 Å². The Hall–Kier alpha value is -1.05. The molecule has 2 heteroatoms. The van der Waals surface area contributed by atoms with Crippen LogP contribution in [0.4, 0.5) is 4.39 Å². The van der Waals surface area contributed by atoms with Crippen LogP contribution < -0.4 is 4.74 Å². The van der Waals surface area contributed by atoms with E-state index < -0.39 is 0 Å². The van der Waals surface area contributed by atoms with Gasteiger partial charge in [0.15, 0.2) is 11.6 Å². The zero-order chi connectivity index (χ0) is 14.8. The fourth-order valence-electron chi connectivity index (χ4n) is 3.13. The van der Waals surface area contributed by atoms with Crippen molar-refractivity contribution in [2.45, 2.75) is 71.3 Å². The van der Waals surface area contributed by atoms with Gasteiger partial charge in [-0.25, -0.2) is 4.39 Å². The molecule has 0 N–H and O–H groups in total. The van der Waals surface area contributed by atoms with Crippen molar-refractivity contribution >= 4 is 0 Å². The van der Waals surface area contributed by atoms with Crippen LogP contribution in [0.25, 0.3) is 0 Å². The van der Waals surface area contributed by atoms with Crippen LogP contribution in [0.15, 0.2) is 18.2 Å². The van der Waals surface area contributed by atoms with E-state index in [0.717, 1.165) is 24.8 Å². The summed E-state index contributed by atoms with van der Waals surface area (Å²) in [6.07, 6.45) is 5.47. The van der Waals surface area contributed by atoms with Crippen LogP contribution in [0, 0.1) is 11.7 Å². The van der Waals surface area contributed by atoms with Crippen molar-refractivity contribution < 1.29 is 9.13 Å². The average molecular weight is 278 g/mol. The molecule has 1 unspecified atom stereocenters. The second-order valence-electron chi connectivity index (χ2n) is 6.53. The Labute approximate surface area is 122 Å². The fraction of sp³-hybridized carbons (Fsp3) is 0.667. The normalized spacial score (nSPS) is 19.3. The maximum atomic E-state index is 14.3. The minimum atomic E-state index is -0.213. The van der Waals surface area contributed by atoms with E-state index >= 15 is 0 Å². The SMILES string of the molecule is CCC(C)c1ccc(OC2(C(C)C)CCCC2)c(F)c1. The smallest absolute Gasteiger partial charge is 0.165 e. The van der Waals surface area contributed by atoms with Crippen LogP contribution in [0.3, 0.4) is 0 Å². The molecule has 2 rings (SSSR count). The van der Waals surface area contributed by atoms with Gasteiger partial charge in [-0.15, -0.1) is 0 Å². The third-order valence-corrected chi connectivity index (χ3v) is 4.95. The second kappa shape index (κ2) is 6.15. The molecule has 0 spiro atoms. The summed E-state index contributed by atoms with van der Waals surface area (Å²) in [6, 6.07) is 5.47. The van der Waals surface area contributed by atoms with Gasteiger partial charge in [0.1, 0.15) is 5.60 Å². The minimum Gasteiger partial charge on any atom is -0.484 e. The highest BCUT2D eigenvalue weighted by Crippen LogP contribution is 2.40. The molecule has 1 aromatic carbocycles. The molecule has 0 aromatic heterocycles. The number of halogens is 1. The summed E-state index contributed by atoms with van der Waals surface area (Å²) in [5.74, 6) is 1.02.